The van der Waals surface area contributed by atoms with Gasteiger partial charge in [0, 0.05) is 5.41 Å². The van der Waals surface area contributed by atoms with Gasteiger partial charge in [0.1, 0.15) is 13.2 Å². The molecule has 0 saturated carbocycles. The van der Waals surface area contributed by atoms with Crippen molar-refractivity contribution in [3.05, 3.63) is 71.8 Å². The number of hydrogen-bond acceptors (Lipinski definition) is 5. The van der Waals surface area contributed by atoms with E-state index >= 15 is 0 Å². The third-order valence-electron chi connectivity index (χ3n) is 4.34. The highest BCUT2D eigenvalue weighted by molar-refractivity contribution is 5.87. The first-order chi connectivity index (χ1) is 14.7. The molecule has 0 unspecified atom stereocenters. The number of rotatable bonds is 7. The standard InChI is InChI=1S/C24H30N2O5/c1-5-30-21(27)17-25(22(28)24(2,3)4)26(16-19-12-8-6-9-13-19)23(29)31-18-20-14-10-7-11-15-20/h6-15H,5,16-18H2,1-4H3. The molecule has 0 aliphatic rings. The van der Waals surface area contributed by atoms with Crippen LogP contribution in [0.1, 0.15) is 38.8 Å². The molecule has 2 aromatic rings. The molecule has 7 nitrogen and oxygen atoms in total. The van der Waals surface area contributed by atoms with Crippen molar-refractivity contribution < 1.29 is 23.9 Å². The molecule has 0 spiro atoms. The van der Waals surface area contributed by atoms with Crippen LogP contribution in [-0.4, -0.2) is 41.1 Å². The Morgan fingerprint density at radius 2 is 1.35 bits per heavy atom. The highest BCUT2D eigenvalue weighted by atomic mass is 16.6. The molecule has 0 saturated heterocycles. The van der Waals surface area contributed by atoms with Crippen molar-refractivity contribution in [2.75, 3.05) is 13.2 Å². The summed E-state index contributed by atoms with van der Waals surface area (Å²) in [6.45, 7) is 6.75. The van der Waals surface area contributed by atoms with E-state index in [4.69, 9.17) is 9.47 Å². The number of ether oxygens (including phenoxy) is 2. The second kappa shape index (κ2) is 11.2. The Kier molecular flexibility index (Phi) is 8.61. The number of amides is 2. The Bertz CT molecular complexity index is 863. The zero-order chi connectivity index (χ0) is 22.9. The summed E-state index contributed by atoms with van der Waals surface area (Å²) in [6, 6.07) is 18.4. The molecule has 2 amide bonds. The van der Waals surface area contributed by atoms with Gasteiger partial charge in [-0.05, 0) is 18.1 Å². The van der Waals surface area contributed by atoms with Crippen molar-refractivity contribution in [3.63, 3.8) is 0 Å². The lowest BCUT2D eigenvalue weighted by atomic mass is 9.95. The second-order valence-corrected chi connectivity index (χ2v) is 8.00. The van der Waals surface area contributed by atoms with Crippen LogP contribution < -0.4 is 0 Å². The van der Waals surface area contributed by atoms with Crippen LogP contribution in [0.25, 0.3) is 0 Å². The van der Waals surface area contributed by atoms with Gasteiger partial charge in [-0.15, -0.1) is 0 Å². The molecule has 0 heterocycles. The molecule has 2 aromatic carbocycles. The lowest BCUT2D eigenvalue weighted by Gasteiger charge is -2.37. The van der Waals surface area contributed by atoms with Crippen molar-refractivity contribution in [3.8, 4) is 0 Å². The molecule has 0 aliphatic heterocycles. The molecule has 166 valence electrons. The Hall–Kier alpha value is -3.35. The molecule has 31 heavy (non-hydrogen) atoms. The minimum absolute atomic E-state index is 0.0436. The Morgan fingerprint density at radius 1 is 0.806 bits per heavy atom. The van der Waals surface area contributed by atoms with Gasteiger partial charge in [-0.3, -0.25) is 9.59 Å². The number of benzene rings is 2. The zero-order valence-electron chi connectivity index (χ0n) is 18.5. The third kappa shape index (κ3) is 7.44. The first kappa shape index (κ1) is 23.9. The lowest BCUT2D eigenvalue weighted by Crippen LogP contribution is -2.54. The monoisotopic (exact) mass is 426 g/mol. The second-order valence-electron chi connectivity index (χ2n) is 8.00. The van der Waals surface area contributed by atoms with E-state index < -0.39 is 29.9 Å². The van der Waals surface area contributed by atoms with E-state index in [1.807, 2.05) is 60.7 Å². The van der Waals surface area contributed by atoms with Crippen LogP contribution >= 0.6 is 0 Å². The summed E-state index contributed by atoms with van der Waals surface area (Å²) in [5, 5.41) is 2.29. The van der Waals surface area contributed by atoms with Crippen molar-refractivity contribution >= 4 is 18.0 Å². The van der Waals surface area contributed by atoms with Crippen LogP contribution in [0.2, 0.25) is 0 Å². The fraction of sp³-hybridized carbons (Fsp3) is 0.375. The smallest absolute Gasteiger partial charge is 0.429 e. The first-order valence-electron chi connectivity index (χ1n) is 10.2. The van der Waals surface area contributed by atoms with E-state index in [9.17, 15) is 14.4 Å². The van der Waals surface area contributed by atoms with E-state index in [0.29, 0.717) is 0 Å². The summed E-state index contributed by atoms with van der Waals surface area (Å²) in [4.78, 5) is 38.5. The molecule has 0 aromatic heterocycles. The van der Waals surface area contributed by atoms with Crippen molar-refractivity contribution in [1.29, 1.82) is 0 Å². The van der Waals surface area contributed by atoms with Gasteiger partial charge < -0.3 is 9.47 Å². The molecule has 2 rings (SSSR count). The van der Waals surface area contributed by atoms with Crippen LogP contribution in [-0.2, 0) is 32.2 Å². The van der Waals surface area contributed by atoms with Gasteiger partial charge in [0.2, 0.25) is 5.91 Å². The summed E-state index contributed by atoms with van der Waals surface area (Å²) in [7, 11) is 0. The van der Waals surface area contributed by atoms with Crippen LogP contribution in [0.15, 0.2) is 60.7 Å². The highest BCUT2D eigenvalue weighted by Crippen LogP contribution is 2.21. The normalized spacial score (nSPS) is 10.8. The lowest BCUT2D eigenvalue weighted by molar-refractivity contribution is -0.166. The molecule has 0 atom stereocenters. The predicted octanol–water partition coefficient (Wildman–Crippen LogP) is 4.18. The molecule has 7 heteroatoms. The number of hydrogen-bond donors (Lipinski definition) is 0. The van der Waals surface area contributed by atoms with Gasteiger partial charge in [-0.25, -0.2) is 14.8 Å². The topological polar surface area (TPSA) is 76.2 Å². The number of esters is 1. The van der Waals surface area contributed by atoms with E-state index in [1.54, 1.807) is 27.7 Å². The van der Waals surface area contributed by atoms with Crippen molar-refractivity contribution in [2.45, 2.75) is 40.8 Å². The fourth-order valence-electron chi connectivity index (χ4n) is 2.78. The van der Waals surface area contributed by atoms with Gasteiger partial charge in [-0.2, -0.15) is 0 Å². The SMILES string of the molecule is CCOC(=O)CN(C(=O)C(C)(C)C)N(Cc1ccccc1)C(=O)OCc1ccccc1. The highest BCUT2D eigenvalue weighted by Gasteiger charge is 2.36. The molecule has 0 bridgehead atoms. The van der Waals surface area contributed by atoms with Crippen LogP contribution in [0.4, 0.5) is 4.79 Å². The summed E-state index contributed by atoms with van der Waals surface area (Å²) in [6.07, 6.45) is -0.727. The molecule has 0 aliphatic carbocycles. The minimum Gasteiger partial charge on any atom is -0.465 e. The largest absolute Gasteiger partial charge is 0.465 e. The van der Waals surface area contributed by atoms with E-state index in [0.717, 1.165) is 16.1 Å². The number of carbonyl (C=O) groups excluding carboxylic acids is 3. The summed E-state index contributed by atoms with van der Waals surface area (Å²) in [5.41, 5.74) is 0.769. The number of hydrazine groups is 1. The van der Waals surface area contributed by atoms with Gasteiger partial charge in [-0.1, -0.05) is 81.4 Å². The van der Waals surface area contributed by atoms with Crippen LogP contribution in [0.5, 0.6) is 0 Å². The molecular weight excluding hydrogens is 396 g/mol. The zero-order valence-corrected chi connectivity index (χ0v) is 18.5. The van der Waals surface area contributed by atoms with Crippen LogP contribution in [0.3, 0.4) is 0 Å². The Balaban J connectivity index is 2.33. The Labute approximate surface area is 183 Å². The van der Waals surface area contributed by atoms with Gasteiger partial charge in [0.15, 0.2) is 0 Å². The average Bonchev–Trinajstić information content (AvgIpc) is 2.75. The van der Waals surface area contributed by atoms with Crippen LogP contribution in [0, 0.1) is 5.41 Å². The summed E-state index contributed by atoms with van der Waals surface area (Å²) >= 11 is 0. The molecular formula is C24H30N2O5. The maximum absolute atomic E-state index is 13.2. The van der Waals surface area contributed by atoms with Gasteiger partial charge in [0.25, 0.3) is 0 Å². The third-order valence-corrected chi connectivity index (χ3v) is 4.34. The maximum Gasteiger partial charge on any atom is 0.429 e. The predicted molar refractivity (Wildman–Crippen MR) is 116 cm³/mol. The number of carbonyl (C=O) groups is 3. The molecule has 0 N–H and O–H groups in total. The maximum atomic E-state index is 13.2. The molecule has 0 radical (unpaired) electrons. The average molecular weight is 427 g/mol. The number of nitrogens with zero attached hydrogens (tertiary/aromatic N) is 2. The first-order valence-corrected chi connectivity index (χ1v) is 10.2. The minimum atomic E-state index is -0.832. The Morgan fingerprint density at radius 3 is 1.87 bits per heavy atom. The van der Waals surface area contributed by atoms with Crippen molar-refractivity contribution in [1.82, 2.24) is 10.0 Å². The molecule has 0 fully saturated rings. The van der Waals surface area contributed by atoms with Gasteiger partial charge >= 0.3 is 12.1 Å². The van der Waals surface area contributed by atoms with Crippen molar-refractivity contribution in [2.24, 2.45) is 5.41 Å². The van der Waals surface area contributed by atoms with E-state index in [1.165, 1.54) is 5.01 Å². The fourth-order valence-corrected chi connectivity index (χ4v) is 2.78. The summed E-state index contributed by atoms with van der Waals surface area (Å²) < 4.78 is 10.5. The quantitative estimate of drug-likeness (QED) is 0.490. The van der Waals surface area contributed by atoms with Gasteiger partial charge in [0.05, 0.1) is 13.2 Å². The van der Waals surface area contributed by atoms with E-state index in [2.05, 4.69) is 0 Å². The van der Waals surface area contributed by atoms with E-state index in [-0.39, 0.29) is 19.8 Å². The summed E-state index contributed by atoms with van der Waals surface area (Å²) in [5.74, 6) is -0.998.